The number of amides is 1. The Hall–Kier alpha value is -2.91. The Morgan fingerprint density at radius 3 is 2.59 bits per heavy atom. The van der Waals surface area contributed by atoms with Crippen molar-refractivity contribution >= 4 is 33.0 Å². The second-order valence-corrected chi connectivity index (χ2v) is 9.06. The summed E-state index contributed by atoms with van der Waals surface area (Å²) in [6.07, 6.45) is 0. The lowest BCUT2D eigenvalue weighted by Gasteiger charge is -2.16. The zero-order valence-electron chi connectivity index (χ0n) is 15.7. The van der Waals surface area contributed by atoms with Crippen molar-refractivity contribution in [1.82, 2.24) is 5.32 Å². The predicted molar refractivity (Wildman–Crippen MR) is 110 cm³/mol. The molecule has 1 unspecified atom stereocenters. The summed E-state index contributed by atoms with van der Waals surface area (Å²) in [5.74, 6) is -0.806. The van der Waals surface area contributed by atoms with Gasteiger partial charge in [-0.25, -0.2) is 12.8 Å². The molecular formula is C20H19FN2O4S2. The van der Waals surface area contributed by atoms with Crippen molar-refractivity contribution in [3.63, 3.8) is 0 Å². The normalized spacial score (nSPS) is 12.2. The SMILES string of the molecule is COc1ccc(C(C)NC(=O)c2cccc(NS(=O)(=O)c3cccs3)c2)cc1F. The van der Waals surface area contributed by atoms with E-state index in [1.807, 2.05) is 0 Å². The number of halogens is 1. The van der Waals surface area contributed by atoms with Crippen LogP contribution < -0.4 is 14.8 Å². The molecule has 0 spiro atoms. The maximum absolute atomic E-state index is 13.9. The molecule has 29 heavy (non-hydrogen) atoms. The summed E-state index contributed by atoms with van der Waals surface area (Å²) in [4.78, 5) is 12.6. The summed E-state index contributed by atoms with van der Waals surface area (Å²) in [6, 6.07) is 13.3. The number of hydrogen-bond donors (Lipinski definition) is 2. The Labute approximate surface area is 172 Å². The number of methoxy groups -OCH3 is 1. The number of hydrogen-bond acceptors (Lipinski definition) is 5. The van der Waals surface area contributed by atoms with Gasteiger partial charge in [0.2, 0.25) is 0 Å². The molecule has 0 saturated heterocycles. The van der Waals surface area contributed by atoms with Crippen molar-refractivity contribution in [3.8, 4) is 5.75 Å². The number of sulfonamides is 1. The van der Waals surface area contributed by atoms with Crippen molar-refractivity contribution in [1.29, 1.82) is 0 Å². The number of anilines is 1. The second-order valence-electron chi connectivity index (χ2n) is 6.21. The summed E-state index contributed by atoms with van der Waals surface area (Å²) in [7, 11) is -2.33. The van der Waals surface area contributed by atoms with Gasteiger partial charge in [0.05, 0.1) is 13.2 Å². The van der Waals surface area contributed by atoms with Gasteiger partial charge in [-0.05, 0) is 54.3 Å². The topological polar surface area (TPSA) is 84.5 Å². The first-order chi connectivity index (χ1) is 13.8. The van der Waals surface area contributed by atoms with Gasteiger partial charge in [0.25, 0.3) is 15.9 Å². The minimum atomic E-state index is -3.71. The molecule has 0 saturated carbocycles. The minimum absolute atomic E-state index is 0.123. The second kappa shape index (κ2) is 8.62. The Morgan fingerprint density at radius 1 is 1.14 bits per heavy atom. The number of benzene rings is 2. The molecule has 9 heteroatoms. The van der Waals surface area contributed by atoms with Crippen molar-refractivity contribution in [2.24, 2.45) is 0 Å². The summed E-state index contributed by atoms with van der Waals surface area (Å²) >= 11 is 1.10. The summed E-state index contributed by atoms with van der Waals surface area (Å²) in [6.45, 7) is 1.72. The number of nitrogens with one attached hydrogen (secondary N) is 2. The zero-order valence-corrected chi connectivity index (χ0v) is 17.3. The Bertz CT molecular complexity index is 1120. The smallest absolute Gasteiger partial charge is 0.271 e. The summed E-state index contributed by atoms with van der Waals surface area (Å²) in [5.41, 5.74) is 1.12. The molecule has 2 N–H and O–H groups in total. The molecule has 0 fully saturated rings. The predicted octanol–water partition coefficient (Wildman–Crippen LogP) is 4.19. The van der Waals surface area contributed by atoms with Gasteiger partial charge in [-0.15, -0.1) is 11.3 Å². The molecule has 6 nitrogen and oxygen atoms in total. The monoisotopic (exact) mass is 434 g/mol. The fraction of sp³-hybridized carbons (Fsp3) is 0.150. The van der Waals surface area contributed by atoms with E-state index in [-0.39, 0.29) is 21.2 Å². The van der Waals surface area contributed by atoms with Crippen LogP contribution in [0.5, 0.6) is 5.75 Å². The number of carbonyl (C=O) groups excluding carboxylic acids is 1. The van der Waals surface area contributed by atoms with E-state index in [9.17, 15) is 17.6 Å². The van der Waals surface area contributed by atoms with Gasteiger partial charge in [0, 0.05) is 11.3 Å². The molecule has 0 aliphatic carbocycles. The van der Waals surface area contributed by atoms with Crippen molar-refractivity contribution in [2.75, 3.05) is 11.8 Å². The quantitative estimate of drug-likeness (QED) is 0.584. The number of rotatable bonds is 7. The van der Waals surface area contributed by atoms with Gasteiger partial charge in [-0.1, -0.05) is 18.2 Å². The fourth-order valence-corrected chi connectivity index (χ4v) is 4.70. The molecular weight excluding hydrogens is 415 g/mol. The standard InChI is InChI=1S/C20H19FN2O4S2/c1-13(14-8-9-18(27-2)17(21)12-14)22-20(24)15-5-3-6-16(11-15)23-29(25,26)19-7-4-10-28-19/h3-13,23H,1-2H3,(H,22,24). The van der Waals surface area contributed by atoms with Crippen LogP contribution in [0.1, 0.15) is 28.9 Å². The minimum Gasteiger partial charge on any atom is -0.494 e. The van der Waals surface area contributed by atoms with Crippen LogP contribution in [0.4, 0.5) is 10.1 Å². The summed E-state index contributed by atoms with van der Waals surface area (Å²) < 4.78 is 46.1. The van der Waals surface area contributed by atoms with Crippen LogP contribution in [0.25, 0.3) is 0 Å². The molecule has 0 radical (unpaired) electrons. The van der Waals surface area contributed by atoms with Gasteiger partial charge in [-0.2, -0.15) is 0 Å². The fourth-order valence-electron chi connectivity index (χ4n) is 2.66. The van der Waals surface area contributed by atoms with Crippen LogP contribution in [0, 0.1) is 5.82 Å². The number of ether oxygens (including phenoxy) is 1. The maximum atomic E-state index is 13.9. The molecule has 0 aliphatic heterocycles. The highest BCUT2D eigenvalue weighted by molar-refractivity contribution is 7.94. The van der Waals surface area contributed by atoms with Crippen LogP contribution in [0.15, 0.2) is 64.2 Å². The molecule has 152 valence electrons. The lowest BCUT2D eigenvalue weighted by molar-refractivity contribution is 0.0940. The zero-order chi connectivity index (χ0) is 21.0. The average Bonchev–Trinajstić information content (AvgIpc) is 3.23. The summed E-state index contributed by atoms with van der Waals surface area (Å²) in [5, 5.41) is 4.44. The molecule has 1 atom stereocenters. The molecule has 1 aromatic heterocycles. The first kappa shape index (κ1) is 20.8. The van der Waals surface area contributed by atoms with Gasteiger partial charge < -0.3 is 10.1 Å². The van der Waals surface area contributed by atoms with E-state index in [1.165, 1.54) is 31.4 Å². The van der Waals surface area contributed by atoms with E-state index in [4.69, 9.17) is 4.74 Å². The van der Waals surface area contributed by atoms with E-state index in [2.05, 4.69) is 10.0 Å². The van der Waals surface area contributed by atoms with E-state index in [0.717, 1.165) is 11.3 Å². The Balaban J connectivity index is 1.73. The molecule has 0 bridgehead atoms. The van der Waals surface area contributed by atoms with Crippen LogP contribution in [0.2, 0.25) is 0 Å². The maximum Gasteiger partial charge on any atom is 0.271 e. The highest BCUT2D eigenvalue weighted by Crippen LogP contribution is 2.23. The lowest BCUT2D eigenvalue weighted by atomic mass is 10.1. The molecule has 0 aliphatic rings. The Morgan fingerprint density at radius 2 is 1.93 bits per heavy atom. The first-order valence-electron chi connectivity index (χ1n) is 8.61. The third kappa shape index (κ3) is 4.93. The molecule has 1 heterocycles. The molecule has 3 aromatic rings. The third-order valence-electron chi connectivity index (χ3n) is 4.16. The van der Waals surface area contributed by atoms with Gasteiger partial charge in [0.1, 0.15) is 4.21 Å². The largest absolute Gasteiger partial charge is 0.494 e. The van der Waals surface area contributed by atoms with Crippen LogP contribution in [-0.4, -0.2) is 21.4 Å². The van der Waals surface area contributed by atoms with Crippen molar-refractivity contribution in [3.05, 3.63) is 76.9 Å². The van der Waals surface area contributed by atoms with Crippen LogP contribution >= 0.6 is 11.3 Å². The van der Waals surface area contributed by atoms with Gasteiger partial charge in [-0.3, -0.25) is 9.52 Å². The first-order valence-corrected chi connectivity index (χ1v) is 11.0. The van der Waals surface area contributed by atoms with Crippen LogP contribution in [0.3, 0.4) is 0 Å². The van der Waals surface area contributed by atoms with E-state index < -0.39 is 27.8 Å². The van der Waals surface area contributed by atoms with E-state index in [0.29, 0.717) is 5.56 Å². The molecule has 1 amide bonds. The number of thiophene rings is 1. The lowest BCUT2D eigenvalue weighted by Crippen LogP contribution is -2.26. The van der Waals surface area contributed by atoms with Gasteiger partial charge in [0.15, 0.2) is 11.6 Å². The highest BCUT2D eigenvalue weighted by atomic mass is 32.2. The van der Waals surface area contributed by atoms with E-state index >= 15 is 0 Å². The molecule has 3 rings (SSSR count). The number of carbonyl (C=O) groups is 1. The van der Waals surface area contributed by atoms with Crippen molar-refractivity contribution in [2.45, 2.75) is 17.2 Å². The average molecular weight is 435 g/mol. The molecule has 2 aromatic carbocycles. The van der Waals surface area contributed by atoms with E-state index in [1.54, 1.807) is 42.6 Å². The van der Waals surface area contributed by atoms with Crippen LogP contribution in [-0.2, 0) is 10.0 Å². The van der Waals surface area contributed by atoms with Gasteiger partial charge >= 0.3 is 0 Å². The Kier molecular flexibility index (Phi) is 6.19. The highest BCUT2D eigenvalue weighted by Gasteiger charge is 2.17. The van der Waals surface area contributed by atoms with Crippen molar-refractivity contribution < 1.29 is 22.3 Å². The third-order valence-corrected chi connectivity index (χ3v) is 6.94.